The molecule has 0 saturated carbocycles. The van der Waals surface area contributed by atoms with E-state index in [1.807, 2.05) is 0 Å². The van der Waals surface area contributed by atoms with E-state index in [2.05, 4.69) is 67.8 Å². The van der Waals surface area contributed by atoms with Gasteiger partial charge in [-0.3, -0.25) is 0 Å². The smallest absolute Gasteiger partial charge is 0.0350 e. The molecule has 0 aliphatic heterocycles. The van der Waals surface area contributed by atoms with Crippen LogP contribution in [0.25, 0.3) is 10.1 Å². The van der Waals surface area contributed by atoms with Crippen LogP contribution < -0.4 is 5.73 Å². The van der Waals surface area contributed by atoms with Gasteiger partial charge in [-0.2, -0.15) is 0 Å². The zero-order valence-corrected chi connectivity index (χ0v) is 13.4. The van der Waals surface area contributed by atoms with Gasteiger partial charge in [-0.25, -0.2) is 0 Å². The molecule has 108 valence electrons. The van der Waals surface area contributed by atoms with Crippen molar-refractivity contribution < 1.29 is 0 Å². The molecule has 2 N–H and O–H groups in total. The maximum atomic E-state index is 6.44. The zero-order chi connectivity index (χ0) is 14.8. The van der Waals surface area contributed by atoms with Crippen molar-refractivity contribution in [3.8, 4) is 0 Å². The Morgan fingerprint density at radius 2 is 1.71 bits per heavy atom. The maximum Gasteiger partial charge on any atom is 0.0350 e. The molecule has 0 amide bonds. The van der Waals surface area contributed by atoms with Crippen LogP contribution in [0.3, 0.4) is 0 Å². The SMILES string of the molecule is CC(C)c1ccc(CC(N)c2csc3ccccc23)cc1. The van der Waals surface area contributed by atoms with E-state index in [0.717, 1.165) is 6.42 Å². The van der Waals surface area contributed by atoms with Gasteiger partial charge >= 0.3 is 0 Å². The highest BCUT2D eigenvalue weighted by molar-refractivity contribution is 7.17. The molecule has 3 rings (SSSR count). The van der Waals surface area contributed by atoms with Crippen LogP contribution in [-0.4, -0.2) is 0 Å². The summed E-state index contributed by atoms with van der Waals surface area (Å²) in [5.41, 5.74) is 10.4. The summed E-state index contributed by atoms with van der Waals surface area (Å²) in [6, 6.07) is 17.4. The summed E-state index contributed by atoms with van der Waals surface area (Å²) in [6.07, 6.45) is 0.888. The Morgan fingerprint density at radius 3 is 2.43 bits per heavy atom. The van der Waals surface area contributed by atoms with E-state index >= 15 is 0 Å². The van der Waals surface area contributed by atoms with Crippen molar-refractivity contribution in [3.05, 3.63) is 70.6 Å². The monoisotopic (exact) mass is 295 g/mol. The number of hydrogen-bond acceptors (Lipinski definition) is 2. The van der Waals surface area contributed by atoms with E-state index < -0.39 is 0 Å². The lowest BCUT2D eigenvalue weighted by molar-refractivity contribution is 0.729. The quantitative estimate of drug-likeness (QED) is 0.697. The van der Waals surface area contributed by atoms with Gasteiger partial charge < -0.3 is 5.73 Å². The average molecular weight is 295 g/mol. The summed E-state index contributed by atoms with van der Waals surface area (Å²) in [4.78, 5) is 0. The maximum absolute atomic E-state index is 6.44. The molecule has 0 bridgehead atoms. The third kappa shape index (κ3) is 3.02. The molecule has 0 spiro atoms. The Kier molecular flexibility index (Phi) is 4.09. The number of fused-ring (bicyclic) bond motifs is 1. The van der Waals surface area contributed by atoms with Crippen molar-refractivity contribution in [2.24, 2.45) is 5.73 Å². The number of hydrogen-bond donors (Lipinski definition) is 1. The van der Waals surface area contributed by atoms with Gasteiger partial charge in [-0.05, 0) is 45.9 Å². The Bertz CT molecular complexity index is 725. The molecule has 0 saturated heterocycles. The minimum absolute atomic E-state index is 0.0612. The molecule has 1 heterocycles. The van der Waals surface area contributed by atoms with Crippen molar-refractivity contribution in [1.82, 2.24) is 0 Å². The van der Waals surface area contributed by atoms with Gasteiger partial charge in [-0.1, -0.05) is 56.3 Å². The van der Waals surface area contributed by atoms with E-state index in [4.69, 9.17) is 5.73 Å². The van der Waals surface area contributed by atoms with Crippen molar-refractivity contribution in [3.63, 3.8) is 0 Å². The lowest BCUT2D eigenvalue weighted by atomic mass is 9.96. The Morgan fingerprint density at radius 1 is 1.00 bits per heavy atom. The third-order valence-electron chi connectivity index (χ3n) is 4.01. The number of nitrogens with two attached hydrogens (primary N) is 1. The average Bonchev–Trinajstić information content (AvgIpc) is 2.92. The highest BCUT2D eigenvalue weighted by atomic mass is 32.1. The van der Waals surface area contributed by atoms with Crippen molar-refractivity contribution in [1.29, 1.82) is 0 Å². The van der Waals surface area contributed by atoms with Gasteiger partial charge in [0.2, 0.25) is 0 Å². The van der Waals surface area contributed by atoms with Crippen molar-refractivity contribution in [2.75, 3.05) is 0 Å². The van der Waals surface area contributed by atoms with E-state index in [-0.39, 0.29) is 6.04 Å². The molecule has 0 aliphatic carbocycles. The lowest BCUT2D eigenvalue weighted by Gasteiger charge is -2.12. The van der Waals surface area contributed by atoms with Gasteiger partial charge in [0, 0.05) is 10.7 Å². The van der Waals surface area contributed by atoms with E-state index in [1.54, 1.807) is 11.3 Å². The second-order valence-corrected chi connectivity index (χ2v) is 6.81. The second kappa shape index (κ2) is 6.00. The molecule has 2 aromatic carbocycles. The van der Waals surface area contributed by atoms with E-state index in [9.17, 15) is 0 Å². The molecule has 1 aromatic heterocycles. The highest BCUT2D eigenvalue weighted by Gasteiger charge is 2.12. The predicted molar refractivity (Wildman–Crippen MR) is 93.0 cm³/mol. The standard InChI is InChI=1S/C19H21NS/c1-13(2)15-9-7-14(8-10-15)11-18(20)17-12-21-19-6-4-3-5-16(17)19/h3-10,12-13,18H,11,20H2,1-2H3. The number of benzene rings is 2. The van der Waals surface area contributed by atoms with Crippen molar-refractivity contribution >= 4 is 21.4 Å². The van der Waals surface area contributed by atoms with E-state index in [0.29, 0.717) is 5.92 Å². The van der Waals surface area contributed by atoms with Crippen molar-refractivity contribution in [2.45, 2.75) is 32.2 Å². The lowest BCUT2D eigenvalue weighted by Crippen LogP contribution is -2.12. The molecular formula is C19H21NS. The van der Waals surface area contributed by atoms with Crippen LogP contribution in [0.4, 0.5) is 0 Å². The largest absolute Gasteiger partial charge is 0.324 e. The van der Waals surface area contributed by atoms with Crippen LogP contribution in [0.5, 0.6) is 0 Å². The molecule has 21 heavy (non-hydrogen) atoms. The van der Waals surface area contributed by atoms with Crippen LogP contribution in [0.15, 0.2) is 53.9 Å². The number of rotatable bonds is 4. The third-order valence-corrected chi connectivity index (χ3v) is 4.99. The Hall–Kier alpha value is -1.64. The molecule has 0 radical (unpaired) electrons. The molecular weight excluding hydrogens is 274 g/mol. The summed E-state index contributed by atoms with van der Waals surface area (Å²) >= 11 is 1.78. The fraction of sp³-hybridized carbons (Fsp3) is 0.263. The van der Waals surface area contributed by atoms with Crippen LogP contribution >= 0.6 is 11.3 Å². The molecule has 3 aromatic rings. The fourth-order valence-electron chi connectivity index (χ4n) is 2.69. The first-order chi connectivity index (χ1) is 10.1. The van der Waals surface area contributed by atoms with Gasteiger partial charge in [0.1, 0.15) is 0 Å². The summed E-state index contributed by atoms with van der Waals surface area (Å²) in [6.45, 7) is 4.44. The fourth-order valence-corrected chi connectivity index (χ4v) is 3.71. The Balaban J connectivity index is 1.81. The molecule has 0 fully saturated rings. The first-order valence-corrected chi connectivity index (χ1v) is 8.33. The summed E-state index contributed by atoms with van der Waals surface area (Å²) in [5, 5.41) is 3.51. The van der Waals surface area contributed by atoms with Gasteiger partial charge in [-0.15, -0.1) is 11.3 Å². The summed E-state index contributed by atoms with van der Waals surface area (Å²) < 4.78 is 1.32. The van der Waals surface area contributed by atoms with Gasteiger partial charge in [0.15, 0.2) is 0 Å². The van der Waals surface area contributed by atoms with Crippen LogP contribution in [0, 0.1) is 0 Å². The minimum atomic E-state index is 0.0612. The minimum Gasteiger partial charge on any atom is -0.324 e. The van der Waals surface area contributed by atoms with Crippen LogP contribution in [0.2, 0.25) is 0 Å². The molecule has 0 aliphatic rings. The summed E-state index contributed by atoms with van der Waals surface area (Å²) in [5.74, 6) is 0.577. The highest BCUT2D eigenvalue weighted by Crippen LogP contribution is 2.30. The van der Waals surface area contributed by atoms with Crippen LogP contribution in [-0.2, 0) is 6.42 Å². The van der Waals surface area contributed by atoms with Gasteiger partial charge in [0.05, 0.1) is 0 Å². The second-order valence-electron chi connectivity index (χ2n) is 5.89. The Labute approximate surface area is 130 Å². The number of thiophene rings is 1. The normalized spacial score (nSPS) is 13.0. The molecule has 2 heteroatoms. The predicted octanol–water partition coefficient (Wildman–Crippen LogP) is 5.27. The molecule has 1 nitrogen and oxygen atoms in total. The van der Waals surface area contributed by atoms with Gasteiger partial charge in [0.25, 0.3) is 0 Å². The van der Waals surface area contributed by atoms with Crippen LogP contribution in [0.1, 0.15) is 42.5 Å². The first kappa shape index (κ1) is 14.3. The first-order valence-electron chi connectivity index (χ1n) is 7.45. The molecule has 1 atom stereocenters. The zero-order valence-electron chi connectivity index (χ0n) is 12.5. The van der Waals surface area contributed by atoms with E-state index in [1.165, 1.54) is 26.8 Å². The summed E-state index contributed by atoms with van der Waals surface area (Å²) in [7, 11) is 0. The topological polar surface area (TPSA) is 26.0 Å². The molecule has 1 unspecified atom stereocenters.